The van der Waals surface area contributed by atoms with Crippen LogP contribution < -0.4 is 5.32 Å². The summed E-state index contributed by atoms with van der Waals surface area (Å²) in [6.45, 7) is 3.50. The number of nitrogens with one attached hydrogen (secondary N) is 1. The van der Waals surface area contributed by atoms with Crippen LogP contribution in [0.5, 0.6) is 0 Å². The Morgan fingerprint density at radius 1 is 0.839 bits per heavy atom. The first-order chi connectivity index (χ1) is 15.1. The first-order valence-electron chi connectivity index (χ1n) is 10.6. The van der Waals surface area contributed by atoms with Gasteiger partial charge < -0.3 is 4.57 Å². The highest BCUT2D eigenvalue weighted by atomic mass is 16.2. The van der Waals surface area contributed by atoms with Gasteiger partial charge in [0.15, 0.2) is 0 Å². The zero-order valence-electron chi connectivity index (χ0n) is 17.8. The fourth-order valence-electron chi connectivity index (χ4n) is 4.19. The third-order valence-corrected chi connectivity index (χ3v) is 5.80. The van der Waals surface area contributed by atoms with Gasteiger partial charge in [0.05, 0.1) is 12.6 Å². The molecule has 0 bridgehead atoms. The Bertz CT molecular complexity index is 969. The van der Waals surface area contributed by atoms with Crippen molar-refractivity contribution in [2.45, 2.75) is 6.04 Å². The molecule has 0 spiro atoms. The summed E-state index contributed by atoms with van der Waals surface area (Å²) in [6.07, 6.45) is 1.79. The summed E-state index contributed by atoms with van der Waals surface area (Å²) in [5.41, 5.74) is 3.02. The van der Waals surface area contributed by atoms with Crippen LogP contribution in [0.4, 0.5) is 0 Å². The molecule has 0 radical (unpaired) electrons. The SMILES string of the molecule is Cn1cccc1C(=O)NC(=O)CN1CCN(C(c2ccccc2)c2ccccc2)CC1. The second kappa shape index (κ2) is 9.73. The molecule has 2 heterocycles. The fraction of sp³-hybridized carbons (Fsp3) is 0.280. The molecule has 0 atom stereocenters. The monoisotopic (exact) mass is 416 g/mol. The number of benzene rings is 2. The lowest BCUT2D eigenvalue weighted by atomic mass is 9.96. The minimum absolute atomic E-state index is 0.192. The van der Waals surface area contributed by atoms with Crippen molar-refractivity contribution < 1.29 is 9.59 Å². The van der Waals surface area contributed by atoms with E-state index >= 15 is 0 Å². The number of amides is 2. The number of hydrogen-bond donors (Lipinski definition) is 1. The van der Waals surface area contributed by atoms with Gasteiger partial charge in [0.2, 0.25) is 5.91 Å². The zero-order valence-corrected chi connectivity index (χ0v) is 17.8. The Morgan fingerprint density at radius 3 is 1.94 bits per heavy atom. The molecular weight excluding hydrogens is 388 g/mol. The summed E-state index contributed by atoms with van der Waals surface area (Å²) in [5, 5.41) is 2.50. The highest BCUT2D eigenvalue weighted by Gasteiger charge is 2.27. The van der Waals surface area contributed by atoms with E-state index in [1.165, 1.54) is 11.1 Å². The van der Waals surface area contributed by atoms with E-state index in [2.05, 4.69) is 63.6 Å². The van der Waals surface area contributed by atoms with Gasteiger partial charge in [-0.3, -0.25) is 24.7 Å². The molecule has 31 heavy (non-hydrogen) atoms. The van der Waals surface area contributed by atoms with E-state index in [1.807, 2.05) is 12.1 Å². The van der Waals surface area contributed by atoms with Crippen molar-refractivity contribution >= 4 is 11.8 Å². The van der Waals surface area contributed by atoms with E-state index in [9.17, 15) is 9.59 Å². The van der Waals surface area contributed by atoms with Gasteiger partial charge in [-0.1, -0.05) is 60.7 Å². The van der Waals surface area contributed by atoms with E-state index in [1.54, 1.807) is 29.9 Å². The van der Waals surface area contributed by atoms with E-state index in [-0.39, 0.29) is 24.4 Å². The maximum absolute atomic E-state index is 12.4. The smallest absolute Gasteiger partial charge is 0.274 e. The van der Waals surface area contributed by atoms with Gasteiger partial charge in [0.1, 0.15) is 5.69 Å². The number of aromatic nitrogens is 1. The third kappa shape index (κ3) is 5.10. The fourth-order valence-corrected chi connectivity index (χ4v) is 4.19. The van der Waals surface area contributed by atoms with Crippen molar-refractivity contribution in [1.82, 2.24) is 19.7 Å². The number of nitrogens with zero attached hydrogens (tertiary/aromatic N) is 3. The molecule has 6 nitrogen and oxygen atoms in total. The van der Waals surface area contributed by atoms with Crippen LogP contribution in [0.1, 0.15) is 27.7 Å². The number of imide groups is 1. The molecule has 3 aromatic rings. The summed E-state index contributed by atoms with van der Waals surface area (Å²) in [6, 6.07) is 24.8. The van der Waals surface area contributed by atoms with Crippen LogP contribution in [0.3, 0.4) is 0 Å². The van der Waals surface area contributed by atoms with E-state index in [0.717, 1.165) is 26.2 Å². The van der Waals surface area contributed by atoms with Gasteiger partial charge in [-0.05, 0) is 23.3 Å². The van der Waals surface area contributed by atoms with Crippen molar-refractivity contribution in [2.75, 3.05) is 32.7 Å². The molecule has 0 unspecified atom stereocenters. The molecule has 0 saturated carbocycles. The van der Waals surface area contributed by atoms with Crippen molar-refractivity contribution in [3.8, 4) is 0 Å². The lowest BCUT2D eigenvalue weighted by Crippen LogP contribution is -2.51. The van der Waals surface area contributed by atoms with Gasteiger partial charge in [-0.2, -0.15) is 0 Å². The quantitative estimate of drug-likeness (QED) is 0.671. The average Bonchev–Trinajstić information content (AvgIpc) is 3.23. The first-order valence-corrected chi connectivity index (χ1v) is 10.6. The largest absolute Gasteiger partial charge is 0.347 e. The molecule has 1 saturated heterocycles. The second-order valence-electron chi connectivity index (χ2n) is 7.92. The number of hydrogen-bond acceptors (Lipinski definition) is 4. The number of rotatable bonds is 6. The van der Waals surface area contributed by atoms with Gasteiger partial charge >= 0.3 is 0 Å². The molecule has 2 amide bonds. The summed E-state index contributed by atoms with van der Waals surface area (Å²) < 4.78 is 1.70. The molecule has 0 aliphatic carbocycles. The molecule has 1 aromatic heterocycles. The molecule has 1 aliphatic rings. The lowest BCUT2D eigenvalue weighted by Gasteiger charge is -2.39. The Morgan fingerprint density at radius 2 is 1.42 bits per heavy atom. The topological polar surface area (TPSA) is 57.6 Å². The maximum Gasteiger partial charge on any atom is 0.274 e. The standard InChI is InChI=1S/C25H28N4O2/c1-27-14-8-13-22(27)25(31)26-23(30)19-28-15-17-29(18-16-28)24(20-9-4-2-5-10-20)21-11-6-3-7-12-21/h2-14,24H,15-19H2,1H3,(H,26,30,31). The zero-order chi connectivity index (χ0) is 21.6. The van der Waals surface area contributed by atoms with Crippen LogP contribution in [0, 0.1) is 0 Å². The van der Waals surface area contributed by atoms with E-state index in [4.69, 9.17) is 0 Å². The van der Waals surface area contributed by atoms with Crippen LogP contribution in [0.25, 0.3) is 0 Å². The maximum atomic E-state index is 12.4. The summed E-state index contributed by atoms with van der Waals surface area (Å²) in [5.74, 6) is -0.619. The Kier molecular flexibility index (Phi) is 6.60. The summed E-state index contributed by atoms with van der Waals surface area (Å²) in [4.78, 5) is 29.2. The van der Waals surface area contributed by atoms with Gasteiger partial charge in [0, 0.05) is 39.4 Å². The number of carbonyl (C=O) groups excluding carboxylic acids is 2. The number of carbonyl (C=O) groups is 2. The van der Waals surface area contributed by atoms with Gasteiger partial charge in [0.25, 0.3) is 5.91 Å². The van der Waals surface area contributed by atoms with Crippen molar-refractivity contribution in [3.05, 3.63) is 95.8 Å². The summed E-state index contributed by atoms with van der Waals surface area (Å²) in [7, 11) is 1.79. The number of aryl methyl sites for hydroxylation is 1. The Hall–Kier alpha value is -3.22. The van der Waals surface area contributed by atoms with Crippen molar-refractivity contribution in [2.24, 2.45) is 7.05 Å². The van der Waals surface area contributed by atoms with Gasteiger partial charge in [-0.15, -0.1) is 0 Å². The molecule has 4 rings (SSSR count). The number of piperazine rings is 1. The molecule has 1 aliphatic heterocycles. The van der Waals surface area contributed by atoms with Crippen LogP contribution in [-0.2, 0) is 11.8 Å². The Labute approximate surface area is 183 Å². The molecular formula is C25H28N4O2. The minimum Gasteiger partial charge on any atom is -0.347 e. The van der Waals surface area contributed by atoms with Crippen molar-refractivity contribution in [1.29, 1.82) is 0 Å². The highest BCUT2D eigenvalue weighted by molar-refractivity contribution is 6.04. The normalized spacial score (nSPS) is 15.2. The van der Waals surface area contributed by atoms with E-state index < -0.39 is 0 Å². The van der Waals surface area contributed by atoms with Crippen molar-refractivity contribution in [3.63, 3.8) is 0 Å². The third-order valence-electron chi connectivity index (χ3n) is 5.80. The summed E-state index contributed by atoms with van der Waals surface area (Å²) >= 11 is 0. The highest BCUT2D eigenvalue weighted by Crippen LogP contribution is 2.29. The molecule has 2 aromatic carbocycles. The second-order valence-corrected chi connectivity index (χ2v) is 7.92. The average molecular weight is 417 g/mol. The molecule has 1 fully saturated rings. The molecule has 6 heteroatoms. The van der Waals surface area contributed by atoms with Crippen LogP contribution in [0.2, 0.25) is 0 Å². The van der Waals surface area contributed by atoms with E-state index in [0.29, 0.717) is 5.69 Å². The molecule has 160 valence electrons. The predicted molar refractivity (Wildman–Crippen MR) is 121 cm³/mol. The van der Waals surface area contributed by atoms with Crippen LogP contribution >= 0.6 is 0 Å². The van der Waals surface area contributed by atoms with Crippen LogP contribution in [-0.4, -0.2) is 58.9 Å². The van der Waals surface area contributed by atoms with Crippen LogP contribution in [0.15, 0.2) is 79.0 Å². The van der Waals surface area contributed by atoms with Gasteiger partial charge in [-0.25, -0.2) is 0 Å². The minimum atomic E-state index is -0.357. The first kappa shape index (κ1) is 21.0. The Balaban J connectivity index is 1.36. The molecule has 1 N–H and O–H groups in total. The predicted octanol–water partition coefficient (Wildman–Crippen LogP) is 2.69. The lowest BCUT2D eigenvalue weighted by molar-refractivity contribution is -0.121.